The summed E-state index contributed by atoms with van der Waals surface area (Å²) in [5.74, 6) is 1.26. The van der Waals surface area contributed by atoms with E-state index in [4.69, 9.17) is 11.5 Å². The fourth-order valence-electron chi connectivity index (χ4n) is 1.63. The summed E-state index contributed by atoms with van der Waals surface area (Å²) in [7, 11) is 1.93. The zero-order valence-corrected chi connectivity index (χ0v) is 11.6. The van der Waals surface area contributed by atoms with Crippen LogP contribution < -0.4 is 16.4 Å². The van der Waals surface area contributed by atoms with Crippen molar-refractivity contribution in [3.05, 3.63) is 40.4 Å². The molecule has 0 fully saturated rings. The second-order valence-electron chi connectivity index (χ2n) is 3.96. The Bertz CT molecular complexity index is 538. The quantitative estimate of drug-likeness (QED) is 0.907. The molecule has 94 valence electrons. The molecular formula is C12H14BrN5. The van der Waals surface area contributed by atoms with Gasteiger partial charge in [-0.1, -0.05) is 34.1 Å². The Hall–Kier alpha value is -1.82. The van der Waals surface area contributed by atoms with Crippen molar-refractivity contribution >= 4 is 33.5 Å². The highest BCUT2D eigenvalue weighted by atomic mass is 79.9. The van der Waals surface area contributed by atoms with Gasteiger partial charge in [0.25, 0.3) is 0 Å². The van der Waals surface area contributed by atoms with Crippen LogP contribution in [-0.4, -0.2) is 17.0 Å². The highest BCUT2D eigenvalue weighted by molar-refractivity contribution is 9.10. The number of rotatable bonds is 3. The van der Waals surface area contributed by atoms with Crippen LogP contribution in [0.25, 0.3) is 0 Å². The van der Waals surface area contributed by atoms with Crippen molar-refractivity contribution in [2.45, 2.75) is 6.54 Å². The lowest BCUT2D eigenvalue weighted by atomic mass is 10.2. The Morgan fingerprint density at radius 1 is 1.22 bits per heavy atom. The Morgan fingerprint density at radius 3 is 2.61 bits per heavy atom. The summed E-state index contributed by atoms with van der Waals surface area (Å²) < 4.78 is 1.06. The van der Waals surface area contributed by atoms with Crippen LogP contribution in [-0.2, 0) is 6.54 Å². The first-order valence-electron chi connectivity index (χ1n) is 5.41. The molecule has 0 amide bonds. The van der Waals surface area contributed by atoms with E-state index in [0.717, 1.165) is 10.0 Å². The van der Waals surface area contributed by atoms with Gasteiger partial charge in [-0.3, -0.25) is 0 Å². The van der Waals surface area contributed by atoms with Crippen LogP contribution in [0.5, 0.6) is 0 Å². The normalized spacial score (nSPS) is 10.3. The molecule has 6 heteroatoms. The number of anilines is 3. The van der Waals surface area contributed by atoms with Gasteiger partial charge in [0.1, 0.15) is 11.6 Å². The standard InChI is InChI=1S/C12H14BrN5/c1-18(7-8-4-2-3-5-9(8)13)11-6-10(14)16-12(15)17-11/h2-6H,7H2,1H3,(H4,14,15,16,17). The summed E-state index contributed by atoms with van der Waals surface area (Å²) in [4.78, 5) is 9.97. The van der Waals surface area contributed by atoms with E-state index in [9.17, 15) is 0 Å². The average molecular weight is 308 g/mol. The lowest BCUT2D eigenvalue weighted by molar-refractivity contribution is 0.891. The fourth-order valence-corrected chi connectivity index (χ4v) is 2.04. The van der Waals surface area contributed by atoms with Crippen LogP contribution in [0, 0.1) is 0 Å². The van der Waals surface area contributed by atoms with Crippen molar-refractivity contribution in [2.75, 3.05) is 23.4 Å². The first kappa shape index (κ1) is 12.6. The van der Waals surface area contributed by atoms with Gasteiger partial charge < -0.3 is 16.4 Å². The molecule has 0 aliphatic rings. The van der Waals surface area contributed by atoms with Gasteiger partial charge in [0, 0.05) is 24.1 Å². The Balaban J connectivity index is 2.22. The predicted octanol–water partition coefficient (Wildman–Crippen LogP) is 2.04. The van der Waals surface area contributed by atoms with Crippen LogP contribution in [0.4, 0.5) is 17.6 Å². The molecule has 0 bridgehead atoms. The summed E-state index contributed by atoms with van der Waals surface area (Å²) in [6.07, 6.45) is 0. The maximum absolute atomic E-state index is 5.65. The van der Waals surface area contributed by atoms with E-state index in [1.54, 1.807) is 6.07 Å². The number of nitrogens with zero attached hydrogens (tertiary/aromatic N) is 3. The zero-order chi connectivity index (χ0) is 13.1. The number of nitrogens with two attached hydrogens (primary N) is 2. The van der Waals surface area contributed by atoms with E-state index >= 15 is 0 Å². The molecule has 2 aromatic rings. The van der Waals surface area contributed by atoms with Crippen LogP contribution >= 0.6 is 15.9 Å². The van der Waals surface area contributed by atoms with Crippen molar-refractivity contribution in [3.63, 3.8) is 0 Å². The highest BCUT2D eigenvalue weighted by Gasteiger charge is 2.08. The predicted molar refractivity (Wildman–Crippen MR) is 77.1 cm³/mol. The van der Waals surface area contributed by atoms with Crippen LogP contribution in [0.3, 0.4) is 0 Å². The second kappa shape index (κ2) is 5.22. The third kappa shape index (κ3) is 2.89. The van der Waals surface area contributed by atoms with Gasteiger partial charge in [-0.15, -0.1) is 0 Å². The molecule has 0 radical (unpaired) electrons. The summed E-state index contributed by atoms with van der Waals surface area (Å²) in [5.41, 5.74) is 12.4. The van der Waals surface area contributed by atoms with Gasteiger partial charge in [-0.25, -0.2) is 0 Å². The number of nitrogen functional groups attached to an aromatic ring is 2. The van der Waals surface area contributed by atoms with E-state index in [2.05, 4.69) is 32.0 Å². The Morgan fingerprint density at radius 2 is 1.94 bits per heavy atom. The first-order valence-corrected chi connectivity index (χ1v) is 6.20. The summed E-state index contributed by atoms with van der Waals surface area (Å²) in [6.45, 7) is 0.706. The molecule has 5 nitrogen and oxygen atoms in total. The van der Waals surface area contributed by atoms with Crippen molar-refractivity contribution < 1.29 is 0 Å². The molecule has 0 saturated heterocycles. The molecule has 0 saturated carbocycles. The first-order chi connectivity index (χ1) is 8.56. The Labute approximate surface area is 114 Å². The number of benzene rings is 1. The topological polar surface area (TPSA) is 81.1 Å². The molecule has 1 aromatic carbocycles. The van der Waals surface area contributed by atoms with Crippen LogP contribution in [0.1, 0.15) is 5.56 Å². The van der Waals surface area contributed by atoms with Gasteiger partial charge in [0.15, 0.2) is 0 Å². The molecule has 1 heterocycles. The summed E-state index contributed by atoms with van der Waals surface area (Å²) >= 11 is 3.52. The lowest BCUT2D eigenvalue weighted by Gasteiger charge is -2.19. The monoisotopic (exact) mass is 307 g/mol. The number of aromatic nitrogens is 2. The zero-order valence-electron chi connectivity index (χ0n) is 9.97. The van der Waals surface area contributed by atoms with E-state index in [1.807, 2.05) is 30.1 Å². The molecule has 0 unspecified atom stereocenters. The van der Waals surface area contributed by atoms with Gasteiger partial charge >= 0.3 is 0 Å². The van der Waals surface area contributed by atoms with E-state index in [-0.39, 0.29) is 5.95 Å². The maximum Gasteiger partial charge on any atom is 0.223 e. The number of hydrogen-bond acceptors (Lipinski definition) is 5. The van der Waals surface area contributed by atoms with Crippen LogP contribution in [0.15, 0.2) is 34.8 Å². The third-order valence-electron chi connectivity index (χ3n) is 2.51. The van der Waals surface area contributed by atoms with Gasteiger partial charge in [0.2, 0.25) is 5.95 Å². The largest absolute Gasteiger partial charge is 0.383 e. The van der Waals surface area contributed by atoms with E-state index in [0.29, 0.717) is 18.2 Å². The molecule has 0 aliphatic carbocycles. The molecule has 0 aliphatic heterocycles. The molecule has 1 aromatic heterocycles. The van der Waals surface area contributed by atoms with Crippen molar-refractivity contribution in [1.82, 2.24) is 9.97 Å². The molecule has 0 spiro atoms. The summed E-state index contributed by atoms with van der Waals surface area (Å²) in [5, 5.41) is 0. The van der Waals surface area contributed by atoms with Crippen molar-refractivity contribution in [3.8, 4) is 0 Å². The number of halogens is 1. The minimum absolute atomic E-state index is 0.184. The minimum atomic E-state index is 0.184. The molecule has 0 atom stereocenters. The molecule has 4 N–H and O–H groups in total. The molecule has 18 heavy (non-hydrogen) atoms. The average Bonchev–Trinajstić information content (AvgIpc) is 2.31. The molecular weight excluding hydrogens is 294 g/mol. The van der Waals surface area contributed by atoms with Gasteiger partial charge in [-0.2, -0.15) is 9.97 Å². The fraction of sp³-hybridized carbons (Fsp3) is 0.167. The Kier molecular flexibility index (Phi) is 3.66. The van der Waals surface area contributed by atoms with Gasteiger partial charge in [-0.05, 0) is 11.6 Å². The van der Waals surface area contributed by atoms with Crippen molar-refractivity contribution in [2.24, 2.45) is 0 Å². The SMILES string of the molecule is CN(Cc1ccccc1Br)c1cc(N)nc(N)n1. The number of hydrogen-bond donors (Lipinski definition) is 2. The van der Waals surface area contributed by atoms with Gasteiger partial charge in [0.05, 0.1) is 0 Å². The van der Waals surface area contributed by atoms with Crippen molar-refractivity contribution in [1.29, 1.82) is 0 Å². The second-order valence-corrected chi connectivity index (χ2v) is 4.81. The smallest absolute Gasteiger partial charge is 0.223 e. The third-order valence-corrected chi connectivity index (χ3v) is 3.28. The maximum atomic E-state index is 5.65. The van der Waals surface area contributed by atoms with E-state index < -0.39 is 0 Å². The summed E-state index contributed by atoms with van der Waals surface area (Å²) in [6, 6.07) is 9.73. The lowest BCUT2D eigenvalue weighted by Crippen LogP contribution is -2.19. The van der Waals surface area contributed by atoms with Crippen LogP contribution in [0.2, 0.25) is 0 Å². The van der Waals surface area contributed by atoms with E-state index in [1.165, 1.54) is 0 Å². The minimum Gasteiger partial charge on any atom is -0.383 e. The molecule has 2 rings (SSSR count). The highest BCUT2D eigenvalue weighted by Crippen LogP contribution is 2.21.